The topological polar surface area (TPSA) is 96.0 Å². The number of nitrogens with one attached hydrogen (secondary N) is 2. The first-order valence-electron chi connectivity index (χ1n) is 5.50. The summed E-state index contributed by atoms with van der Waals surface area (Å²) in [5.41, 5.74) is 5.17. The molecular weight excluding hydrogens is 257 g/mol. The smallest absolute Gasteiger partial charge is 0.243 e. The lowest BCUT2D eigenvalue weighted by Crippen LogP contribution is -2.25. The highest BCUT2D eigenvalue weighted by Gasteiger charge is 2.17. The first kappa shape index (κ1) is 14.6. The van der Waals surface area contributed by atoms with E-state index in [1.165, 1.54) is 18.2 Å². The summed E-state index contributed by atoms with van der Waals surface area (Å²) in [4.78, 5) is -0.350. The zero-order chi connectivity index (χ0) is 13.6. The molecule has 1 aromatic rings. The number of unbranched alkanes of at least 4 members (excludes halogenated alkanes) is 1. The fourth-order valence-electron chi connectivity index (χ4n) is 1.39. The van der Waals surface area contributed by atoms with Crippen LogP contribution in [0.15, 0.2) is 29.2 Å². The molecule has 0 unspecified atom stereocenters. The summed E-state index contributed by atoms with van der Waals surface area (Å²) in [5.74, 6) is -0.694. The van der Waals surface area contributed by atoms with Crippen molar-refractivity contribution in [2.45, 2.75) is 24.2 Å². The minimum atomic E-state index is -3.80. The highest BCUT2D eigenvalue weighted by Crippen LogP contribution is 2.12. The maximum Gasteiger partial charge on any atom is 0.243 e. The summed E-state index contributed by atoms with van der Waals surface area (Å²) < 4.78 is 39.1. The van der Waals surface area contributed by atoms with E-state index in [-0.39, 0.29) is 17.3 Å². The Bertz CT molecular complexity index is 517. The SMILES string of the molecule is N=C(N)CCCCNS(=O)(=O)c1ccccc1F. The van der Waals surface area contributed by atoms with Gasteiger partial charge in [0.1, 0.15) is 10.7 Å². The van der Waals surface area contributed by atoms with E-state index in [0.717, 1.165) is 6.07 Å². The van der Waals surface area contributed by atoms with E-state index in [1.807, 2.05) is 0 Å². The van der Waals surface area contributed by atoms with Crippen LogP contribution in [0.1, 0.15) is 19.3 Å². The molecule has 0 atom stereocenters. The third-order valence-electron chi connectivity index (χ3n) is 2.29. The first-order chi connectivity index (χ1) is 8.43. The van der Waals surface area contributed by atoms with E-state index in [9.17, 15) is 12.8 Å². The van der Waals surface area contributed by atoms with Gasteiger partial charge in [0.15, 0.2) is 0 Å². The van der Waals surface area contributed by atoms with Gasteiger partial charge in [-0.2, -0.15) is 0 Å². The molecule has 0 bridgehead atoms. The lowest BCUT2D eigenvalue weighted by Gasteiger charge is -2.07. The molecule has 0 aliphatic rings. The van der Waals surface area contributed by atoms with Gasteiger partial charge in [-0.25, -0.2) is 17.5 Å². The summed E-state index contributed by atoms with van der Waals surface area (Å²) in [7, 11) is -3.80. The lowest BCUT2D eigenvalue weighted by atomic mass is 10.2. The van der Waals surface area contributed by atoms with Crippen LogP contribution in [0.2, 0.25) is 0 Å². The molecule has 0 saturated carbocycles. The average molecular weight is 273 g/mol. The Morgan fingerprint density at radius 1 is 1.33 bits per heavy atom. The highest BCUT2D eigenvalue weighted by atomic mass is 32.2. The van der Waals surface area contributed by atoms with E-state index in [4.69, 9.17) is 11.1 Å². The Kier molecular flexibility index (Phi) is 5.24. The number of hydrogen-bond donors (Lipinski definition) is 3. The molecule has 0 fully saturated rings. The fourth-order valence-corrected chi connectivity index (χ4v) is 2.54. The van der Waals surface area contributed by atoms with Gasteiger partial charge in [-0.1, -0.05) is 12.1 Å². The van der Waals surface area contributed by atoms with E-state index < -0.39 is 15.8 Å². The molecule has 4 N–H and O–H groups in total. The molecule has 1 rings (SSSR count). The van der Waals surface area contributed by atoms with Crippen molar-refractivity contribution in [2.24, 2.45) is 5.73 Å². The zero-order valence-electron chi connectivity index (χ0n) is 9.82. The zero-order valence-corrected chi connectivity index (χ0v) is 10.6. The molecule has 0 heterocycles. The predicted octanol–water partition coefficient (Wildman–Crippen LogP) is 1.21. The number of sulfonamides is 1. The summed E-state index contributed by atoms with van der Waals surface area (Å²) in [6.07, 6.45) is 1.60. The Hall–Kier alpha value is -1.47. The minimum absolute atomic E-state index is 0.0759. The maximum atomic E-state index is 13.3. The van der Waals surface area contributed by atoms with Crippen LogP contribution in [0.25, 0.3) is 0 Å². The molecule has 0 radical (unpaired) electrons. The molecule has 0 spiro atoms. The second-order valence-electron chi connectivity index (χ2n) is 3.81. The number of halogens is 1. The first-order valence-corrected chi connectivity index (χ1v) is 6.99. The highest BCUT2D eigenvalue weighted by molar-refractivity contribution is 7.89. The van der Waals surface area contributed by atoms with Crippen molar-refractivity contribution in [3.63, 3.8) is 0 Å². The Morgan fingerprint density at radius 2 is 2.00 bits per heavy atom. The van der Waals surface area contributed by atoms with Crippen molar-refractivity contribution in [3.8, 4) is 0 Å². The van der Waals surface area contributed by atoms with Crippen LogP contribution in [-0.4, -0.2) is 20.8 Å². The van der Waals surface area contributed by atoms with Gasteiger partial charge in [0, 0.05) is 13.0 Å². The van der Waals surface area contributed by atoms with Gasteiger partial charge in [-0.15, -0.1) is 0 Å². The van der Waals surface area contributed by atoms with Crippen LogP contribution < -0.4 is 10.5 Å². The third-order valence-corrected chi connectivity index (χ3v) is 3.79. The van der Waals surface area contributed by atoms with Crippen LogP contribution in [0.3, 0.4) is 0 Å². The van der Waals surface area contributed by atoms with Crippen LogP contribution in [0, 0.1) is 11.2 Å². The van der Waals surface area contributed by atoms with Gasteiger partial charge in [-0.05, 0) is 25.0 Å². The lowest BCUT2D eigenvalue weighted by molar-refractivity contribution is 0.554. The van der Waals surface area contributed by atoms with E-state index in [1.54, 1.807) is 0 Å². The number of nitrogens with two attached hydrogens (primary N) is 1. The van der Waals surface area contributed by atoms with E-state index in [2.05, 4.69) is 4.72 Å². The number of hydrogen-bond acceptors (Lipinski definition) is 3. The Morgan fingerprint density at radius 3 is 2.61 bits per heavy atom. The normalized spacial score (nSPS) is 11.4. The van der Waals surface area contributed by atoms with E-state index in [0.29, 0.717) is 19.3 Å². The monoisotopic (exact) mass is 273 g/mol. The van der Waals surface area contributed by atoms with Crippen molar-refractivity contribution in [1.82, 2.24) is 4.72 Å². The Labute approximate surface area is 106 Å². The van der Waals surface area contributed by atoms with Gasteiger partial charge in [0.05, 0.1) is 5.84 Å². The van der Waals surface area contributed by atoms with Gasteiger partial charge in [0.2, 0.25) is 10.0 Å². The van der Waals surface area contributed by atoms with Crippen molar-refractivity contribution in [3.05, 3.63) is 30.1 Å². The third kappa shape index (κ3) is 4.42. The van der Waals surface area contributed by atoms with Crippen molar-refractivity contribution >= 4 is 15.9 Å². The van der Waals surface area contributed by atoms with E-state index >= 15 is 0 Å². The molecule has 0 saturated heterocycles. The van der Waals surface area contributed by atoms with Gasteiger partial charge >= 0.3 is 0 Å². The molecular formula is C11H16FN3O2S. The van der Waals surface area contributed by atoms with Crippen LogP contribution in [0.5, 0.6) is 0 Å². The predicted molar refractivity (Wildman–Crippen MR) is 67.4 cm³/mol. The molecule has 0 amide bonds. The Balaban J connectivity index is 2.51. The molecule has 0 aromatic heterocycles. The summed E-state index contributed by atoms with van der Waals surface area (Å²) in [6.45, 7) is 0.198. The van der Waals surface area contributed by atoms with Crippen molar-refractivity contribution < 1.29 is 12.8 Å². The molecule has 1 aromatic carbocycles. The molecule has 0 aliphatic carbocycles. The summed E-state index contributed by atoms with van der Waals surface area (Å²) in [5, 5.41) is 7.00. The standard InChI is InChI=1S/C11H16FN3O2S/c12-9-5-1-2-6-10(9)18(16,17)15-8-4-3-7-11(13)14/h1-2,5-6,15H,3-4,7-8H2,(H3,13,14). The minimum Gasteiger partial charge on any atom is -0.388 e. The van der Waals surface area contributed by atoms with Crippen molar-refractivity contribution in [1.29, 1.82) is 5.41 Å². The second-order valence-corrected chi connectivity index (χ2v) is 5.55. The quantitative estimate of drug-likeness (QED) is 0.396. The maximum absolute atomic E-state index is 13.3. The largest absolute Gasteiger partial charge is 0.388 e. The summed E-state index contributed by atoms with van der Waals surface area (Å²) >= 11 is 0. The summed E-state index contributed by atoms with van der Waals surface area (Å²) in [6, 6.07) is 5.21. The molecule has 0 aliphatic heterocycles. The van der Waals surface area contributed by atoms with Gasteiger partial charge in [-0.3, -0.25) is 5.41 Å². The number of amidine groups is 1. The fraction of sp³-hybridized carbons (Fsp3) is 0.364. The number of rotatable bonds is 7. The van der Waals surface area contributed by atoms with Crippen LogP contribution >= 0.6 is 0 Å². The number of benzene rings is 1. The van der Waals surface area contributed by atoms with Crippen LogP contribution in [-0.2, 0) is 10.0 Å². The second kappa shape index (κ2) is 6.46. The van der Waals surface area contributed by atoms with Gasteiger partial charge < -0.3 is 5.73 Å². The average Bonchev–Trinajstić information content (AvgIpc) is 2.28. The van der Waals surface area contributed by atoms with Gasteiger partial charge in [0.25, 0.3) is 0 Å². The molecule has 7 heteroatoms. The molecule has 100 valence electrons. The van der Waals surface area contributed by atoms with Crippen LogP contribution in [0.4, 0.5) is 4.39 Å². The molecule has 5 nitrogen and oxygen atoms in total. The molecule has 18 heavy (non-hydrogen) atoms. The van der Waals surface area contributed by atoms with Crippen molar-refractivity contribution in [2.75, 3.05) is 6.54 Å².